The third kappa shape index (κ3) is 1.29. The lowest BCUT2D eigenvalue weighted by atomic mass is 10.2. The number of nitrogens with zero attached hydrogens (tertiary/aromatic N) is 1. The largest absolute Gasteiger partial charge is 0.454 e. The topological polar surface area (TPSA) is 43.1 Å². The van der Waals surface area contributed by atoms with Crippen molar-refractivity contribution in [1.82, 2.24) is 4.98 Å². The molecular weight excluding hydrogens is 226 g/mol. The van der Waals surface area contributed by atoms with E-state index in [1.807, 2.05) is 0 Å². The van der Waals surface area contributed by atoms with Crippen molar-refractivity contribution in [3.05, 3.63) is 51.8 Å². The van der Waals surface area contributed by atoms with Crippen LogP contribution in [0.1, 0.15) is 0 Å². The first-order valence-corrected chi connectivity index (χ1v) is 5.10. The molecule has 0 radical (unpaired) electrons. The molecule has 3 nitrogen and oxygen atoms in total. The fraction of sp³-hybridized carbons (Fsp3) is 0. The number of benzene rings is 1. The first-order valence-electron chi connectivity index (χ1n) is 4.73. The van der Waals surface area contributed by atoms with E-state index in [4.69, 9.17) is 16.0 Å². The Morgan fingerprint density at radius 3 is 2.94 bits per heavy atom. The van der Waals surface area contributed by atoms with Crippen LogP contribution in [0.4, 0.5) is 0 Å². The molecule has 3 aromatic rings. The Labute approximate surface area is 95.3 Å². The number of aromatic nitrogens is 1. The van der Waals surface area contributed by atoms with Crippen LogP contribution in [-0.4, -0.2) is 4.98 Å². The minimum absolute atomic E-state index is 0.131. The van der Waals surface area contributed by atoms with Gasteiger partial charge in [-0.05, 0) is 24.3 Å². The number of hydrogen-bond donors (Lipinski definition) is 0. The second-order valence-corrected chi connectivity index (χ2v) is 3.86. The van der Waals surface area contributed by atoms with Gasteiger partial charge in [-0.2, -0.15) is 0 Å². The Kier molecular flexibility index (Phi) is 1.94. The van der Waals surface area contributed by atoms with Crippen LogP contribution in [0, 0.1) is 0 Å². The molecule has 0 aliphatic heterocycles. The lowest BCUT2D eigenvalue weighted by molar-refractivity contribution is 0.658. The molecule has 0 unspecified atom stereocenters. The number of fused-ring (bicyclic) bond motifs is 2. The Morgan fingerprint density at radius 1 is 1.19 bits per heavy atom. The van der Waals surface area contributed by atoms with Gasteiger partial charge in [-0.25, -0.2) is 4.98 Å². The Balaban J connectivity index is 2.61. The van der Waals surface area contributed by atoms with Crippen molar-refractivity contribution in [1.29, 1.82) is 0 Å². The van der Waals surface area contributed by atoms with Gasteiger partial charge in [0.05, 0.1) is 5.39 Å². The maximum Gasteiger partial charge on any atom is 0.218 e. The molecule has 0 saturated carbocycles. The molecule has 0 fully saturated rings. The predicted octanol–water partition coefficient (Wildman–Crippen LogP) is 2.99. The summed E-state index contributed by atoms with van der Waals surface area (Å²) in [7, 11) is 0. The smallest absolute Gasteiger partial charge is 0.218 e. The lowest BCUT2D eigenvalue weighted by Gasteiger charge is -2.00. The number of pyridine rings is 1. The fourth-order valence-electron chi connectivity index (χ4n) is 1.66. The van der Waals surface area contributed by atoms with E-state index in [0.717, 1.165) is 0 Å². The zero-order chi connectivity index (χ0) is 11.1. The molecule has 0 spiro atoms. The van der Waals surface area contributed by atoms with Gasteiger partial charge in [-0.15, -0.1) is 0 Å². The van der Waals surface area contributed by atoms with Gasteiger partial charge < -0.3 is 4.42 Å². The monoisotopic (exact) mass is 231 g/mol. The van der Waals surface area contributed by atoms with Crippen molar-refractivity contribution < 1.29 is 4.42 Å². The third-order valence-electron chi connectivity index (χ3n) is 2.39. The van der Waals surface area contributed by atoms with Gasteiger partial charge in [-0.3, -0.25) is 4.79 Å². The summed E-state index contributed by atoms with van der Waals surface area (Å²) < 4.78 is 5.56. The minimum atomic E-state index is -0.131. The average Bonchev–Trinajstić information content (AvgIpc) is 2.29. The van der Waals surface area contributed by atoms with Crippen LogP contribution in [0.15, 0.2) is 45.7 Å². The molecule has 1 aromatic carbocycles. The van der Waals surface area contributed by atoms with Crippen LogP contribution in [-0.2, 0) is 0 Å². The molecule has 0 atom stereocenters. The highest BCUT2D eigenvalue weighted by Crippen LogP contribution is 2.20. The van der Waals surface area contributed by atoms with Crippen LogP contribution in [0.2, 0.25) is 5.02 Å². The summed E-state index contributed by atoms with van der Waals surface area (Å²) in [5, 5.41) is 1.04. The quantitative estimate of drug-likeness (QED) is 0.559. The van der Waals surface area contributed by atoms with E-state index < -0.39 is 0 Å². The summed E-state index contributed by atoms with van der Waals surface area (Å²) >= 11 is 5.84. The van der Waals surface area contributed by atoms with Crippen LogP contribution >= 0.6 is 11.6 Å². The molecule has 3 rings (SSSR count). The van der Waals surface area contributed by atoms with Crippen molar-refractivity contribution in [3.8, 4) is 0 Å². The van der Waals surface area contributed by atoms with Crippen LogP contribution < -0.4 is 5.43 Å². The molecule has 78 valence electrons. The van der Waals surface area contributed by atoms with Crippen molar-refractivity contribution in [2.75, 3.05) is 0 Å². The van der Waals surface area contributed by atoms with E-state index in [1.54, 1.807) is 36.5 Å². The van der Waals surface area contributed by atoms with E-state index in [-0.39, 0.29) is 5.43 Å². The first kappa shape index (κ1) is 9.36. The summed E-state index contributed by atoms with van der Waals surface area (Å²) in [6.07, 6.45) is 1.57. The standard InChI is InChI=1S/C12H6ClNO2/c13-7-3-4-8-10(6-7)16-9-2-1-5-14-11(9)12(8)15/h1-6H. The highest BCUT2D eigenvalue weighted by atomic mass is 35.5. The summed E-state index contributed by atoms with van der Waals surface area (Å²) in [6, 6.07) is 8.38. The van der Waals surface area contributed by atoms with Gasteiger partial charge in [0, 0.05) is 17.3 Å². The maximum atomic E-state index is 12.0. The maximum absolute atomic E-state index is 12.0. The van der Waals surface area contributed by atoms with E-state index in [0.29, 0.717) is 27.1 Å². The molecule has 0 N–H and O–H groups in total. The van der Waals surface area contributed by atoms with Crippen molar-refractivity contribution >= 4 is 33.7 Å². The summed E-state index contributed by atoms with van der Waals surface area (Å²) in [6.45, 7) is 0. The minimum Gasteiger partial charge on any atom is -0.454 e. The molecule has 0 aliphatic rings. The lowest BCUT2D eigenvalue weighted by Crippen LogP contribution is -2.03. The fourth-order valence-corrected chi connectivity index (χ4v) is 1.82. The second kappa shape index (κ2) is 3.32. The number of halogens is 1. The SMILES string of the molecule is O=c1c2ccc(Cl)cc2oc2cccnc12. The van der Waals surface area contributed by atoms with E-state index in [2.05, 4.69) is 4.98 Å². The average molecular weight is 232 g/mol. The highest BCUT2D eigenvalue weighted by molar-refractivity contribution is 6.31. The third-order valence-corrected chi connectivity index (χ3v) is 2.63. The molecule has 0 aliphatic carbocycles. The van der Waals surface area contributed by atoms with Gasteiger partial charge >= 0.3 is 0 Å². The van der Waals surface area contributed by atoms with Gasteiger partial charge in [0.15, 0.2) is 11.1 Å². The molecule has 0 saturated heterocycles. The Morgan fingerprint density at radius 2 is 2.06 bits per heavy atom. The Hall–Kier alpha value is -1.87. The molecule has 2 heterocycles. The van der Waals surface area contributed by atoms with Crippen LogP contribution in [0.3, 0.4) is 0 Å². The Bertz CT molecular complexity index is 749. The summed E-state index contributed by atoms with van der Waals surface area (Å²) in [5.74, 6) is 0. The number of hydrogen-bond acceptors (Lipinski definition) is 3. The highest BCUT2D eigenvalue weighted by Gasteiger charge is 2.07. The molecule has 2 aromatic heterocycles. The zero-order valence-electron chi connectivity index (χ0n) is 8.11. The molecular formula is C12H6ClNO2. The molecule has 0 amide bonds. The van der Waals surface area contributed by atoms with Crippen LogP contribution in [0.25, 0.3) is 22.1 Å². The summed E-state index contributed by atoms with van der Waals surface area (Å²) in [4.78, 5) is 16.0. The molecule has 16 heavy (non-hydrogen) atoms. The van der Waals surface area contributed by atoms with Crippen molar-refractivity contribution in [3.63, 3.8) is 0 Å². The van der Waals surface area contributed by atoms with E-state index in [1.165, 1.54) is 0 Å². The predicted molar refractivity (Wildman–Crippen MR) is 62.8 cm³/mol. The van der Waals surface area contributed by atoms with E-state index >= 15 is 0 Å². The van der Waals surface area contributed by atoms with Gasteiger partial charge in [-0.1, -0.05) is 11.6 Å². The normalized spacial score (nSPS) is 11.1. The van der Waals surface area contributed by atoms with Gasteiger partial charge in [0.1, 0.15) is 5.58 Å². The van der Waals surface area contributed by atoms with Crippen molar-refractivity contribution in [2.45, 2.75) is 0 Å². The van der Waals surface area contributed by atoms with Crippen LogP contribution in [0.5, 0.6) is 0 Å². The van der Waals surface area contributed by atoms with Crippen molar-refractivity contribution in [2.24, 2.45) is 0 Å². The number of rotatable bonds is 0. The summed E-state index contributed by atoms with van der Waals surface area (Å²) in [5.41, 5.74) is 1.17. The van der Waals surface area contributed by atoms with Gasteiger partial charge in [0.25, 0.3) is 0 Å². The second-order valence-electron chi connectivity index (χ2n) is 3.42. The van der Waals surface area contributed by atoms with E-state index in [9.17, 15) is 4.79 Å². The molecule has 0 bridgehead atoms. The molecule has 4 heteroatoms. The zero-order valence-corrected chi connectivity index (χ0v) is 8.86. The van der Waals surface area contributed by atoms with Gasteiger partial charge in [0.2, 0.25) is 5.43 Å². The first-order chi connectivity index (χ1) is 7.75.